The summed E-state index contributed by atoms with van der Waals surface area (Å²) < 4.78 is 0. The molecule has 0 aliphatic carbocycles. The Labute approximate surface area is 144 Å². The van der Waals surface area contributed by atoms with Crippen LogP contribution in [0.3, 0.4) is 0 Å². The van der Waals surface area contributed by atoms with Crippen LogP contribution in [-0.2, 0) is 17.8 Å². The van der Waals surface area contributed by atoms with E-state index in [4.69, 9.17) is 0 Å². The second-order valence-corrected chi connectivity index (χ2v) is 6.52. The highest BCUT2D eigenvalue weighted by Gasteiger charge is 2.19. The van der Waals surface area contributed by atoms with Crippen LogP contribution >= 0.6 is 0 Å². The van der Waals surface area contributed by atoms with Crippen LogP contribution in [-0.4, -0.2) is 30.4 Å². The molecule has 126 valence electrons. The Bertz CT molecular complexity index is 710. The fourth-order valence-electron chi connectivity index (χ4n) is 3.43. The van der Waals surface area contributed by atoms with E-state index in [1.54, 1.807) is 0 Å². The SMILES string of the molecule is CCN(C(=O)CCN1CCc2ccccc2C1)c1cccc(C)c1. The van der Waals surface area contributed by atoms with Crippen molar-refractivity contribution in [2.75, 3.05) is 24.5 Å². The highest BCUT2D eigenvalue weighted by Crippen LogP contribution is 2.20. The van der Waals surface area contributed by atoms with Gasteiger partial charge in [0.1, 0.15) is 0 Å². The first-order chi connectivity index (χ1) is 11.7. The predicted molar refractivity (Wildman–Crippen MR) is 99.2 cm³/mol. The van der Waals surface area contributed by atoms with E-state index in [9.17, 15) is 4.79 Å². The van der Waals surface area contributed by atoms with Crippen LogP contribution in [0.5, 0.6) is 0 Å². The van der Waals surface area contributed by atoms with Gasteiger partial charge in [-0.15, -0.1) is 0 Å². The molecular weight excluding hydrogens is 296 g/mol. The third kappa shape index (κ3) is 3.85. The summed E-state index contributed by atoms with van der Waals surface area (Å²) in [4.78, 5) is 17.0. The normalized spacial score (nSPS) is 14.2. The molecule has 1 aliphatic heterocycles. The van der Waals surface area contributed by atoms with Crippen molar-refractivity contribution in [2.45, 2.75) is 33.2 Å². The third-order valence-electron chi connectivity index (χ3n) is 4.78. The second-order valence-electron chi connectivity index (χ2n) is 6.52. The standard InChI is InChI=1S/C21H26N2O/c1-3-23(20-10-6-7-17(2)15-20)21(24)12-14-22-13-11-18-8-4-5-9-19(18)16-22/h4-10,15H,3,11-14,16H2,1-2H3. The number of carbonyl (C=O) groups excluding carboxylic acids is 1. The smallest absolute Gasteiger partial charge is 0.228 e. The molecular formula is C21H26N2O. The van der Waals surface area contributed by atoms with Gasteiger partial charge in [-0.3, -0.25) is 9.69 Å². The molecule has 0 fully saturated rings. The van der Waals surface area contributed by atoms with E-state index in [1.165, 1.54) is 16.7 Å². The average Bonchev–Trinajstić information content (AvgIpc) is 2.60. The Kier molecular flexibility index (Phi) is 5.31. The van der Waals surface area contributed by atoms with Crippen LogP contribution in [0.2, 0.25) is 0 Å². The van der Waals surface area contributed by atoms with Crippen molar-refractivity contribution in [2.24, 2.45) is 0 Å². The Morgan fingerprint density at radius 1 is 1.12 bits per heavy atom. The maximum atomic E-state index is 12.7. The first-order valence-electron chi connectivity index (χ1n) is 8.83. The summed E-state index contributed by atoms with van der Waals surface area (Å²) in [6.07, 6.45) is 1.66. The lowest BCUT2D eigenvalue weighted by molar-refractivity contribution is -0.118. The number of nitrogens with zero attached hydrogens (tertiary/aromatic N) is 2. The number of anilines is 1. The molecule has 0 saturated carbocycles. The van der Waals surface area contributed by atoms with E-state index in [-0.39, 0.29) is 5.91 Å². The maximum Gasteiger partial charge on any atom is 0.228 e. The first kappa shape index (κ1) is 16.7. The van der Waals surface area contributed by atoms with Gasteiger partial charge < -0.3 is 4.90 Å². The van der Waals surface area contributed by atoms with Gasteiger partial charge in [-0.25, -0.2) is 0 Å². The minimum Gasteiger partial charge on any atom is -0.313 e. The van der Waals surface area contributed by atoms with E-state index in [2.05, 4.69) is 48.2 Å². The fourth-order valence-corrected chi connectivity index (χ4v) is 3.43. The number of hydrogen-bond acceptors (Lipinski definition) is 2. The summed E-state index contributed by atoms with van der Waals surface area (Å²) in [6.45, 7) is 7.64. The highest BCUT2D eigenvalue weighted by atomic mass is 16.2. The van der Waals surface area contributed by atoms with Crippen molar-refractivity contribution in [3.05, 3.63) is 65.2 Å². The molecule has 0 spiro atoms. The number of benzene rings is 2. The van der Waals surface area contributed by atoms with Gasteiger partial charge in [0.2, 0.25) is 5.91 Å². The molecule has 0 atom stereocenters. The van der Waals surface area contributed by atoms with E-state index < -0.39 is 0 Å². The van der Waals surface area contributed by atoms with Crippen molar-refractivity contribution in [3.8, 4) is 0 Å². The van der Waals surface area contributed by atoms with E-state index in [0.29, 0.717) is 13.0 Å². The van der Waals surface area contributed by atoms with Crippen LogP contribution in [0.25, 0.3) is 0 Å². The van der Waals surface area contributed by atoms with Gasteiger partial charge in [0.05, 0.1) is 0 Å². The van der Waals surface area contributed by atoms with Gasteiger partial charge in [-0.1, -0.05) is 36.4 Å². The monoisotopic (exact) mass is 322 g/mol. The van der Waals surface area contributed by atoms with Crippen LogP contribution < -0.4 is 4.90 Å². The molecule has 1 aliphatic rings. The molecule has 0 radical (unpaired) electrons. The Balaban J connectivity index is 1.59. The zero-order valence-corrected chi connectivity index (χ0v) is 14.7. The lowest BCUT2D eigenvalue weighted by Gasteiger charge is -2.29. The van der Waals surface area contributed by atoms with Gasteiger partial charge in [0.25, 0.3) is 0 Å². The molecule has 1 amide bonds. The van der Waals surface area contributed by atoms with E-state index in [1.807, 2.05) is 24.0 Å². The lowest BCUT2D eigenvalue weighted by Crippen LogP contribution is -2.36. The Hall–Kier alpha value is -2.13. The molecule has 0 unspecified atom stereocenters. The number of amides is 1. The van der Waals surface area contributed by atoms with Gasteiger partial charge in [-0.05, 0) is 49.1 Å². The van der Waals surface area contributed by atoms with E-state index >= 15 is 0 Å². The zero-order chi connectivity index (χ0) is 16.9. The largest absolute Gasteiger partial charge is 0.313 e. The quantitative estimate of drug-likeness (QED) is 0.836. The molecule has 0 aromatic heterocycles. The molecule has 24 heavy (non-hydrogen) atoms. The molecule has 0 saturated heterocycles. The zero-order valence-electron chi connectivity index (χ0n) is 14.7. The maximum absolute atomic E-state index is 12.7. The highest BCUT2D eigenvalue weighted by molar-refractivity contribution is 5.93. The van der Waals surface area contributed by atoms with Crippen LogP contribution in [0.4, 0.5) is 5.69 Å². The molecule has 1 heterocycles. The number of aryl methyl sites for hydroxylation is 1. The Morgan fingerprint density at radius 2 is 1.92 bits per heavy atom. The predicted octanol–water partition coefficient (Wildman–Crippen LogP) is 3.80. The van der Waals surface area contributed by atoms with Gasteiger partial charge in [0.15, 0.2) is 0 Å². The molecule has 0 N–H and O–H groups in total. The number of hydrogen-bond donors (Lipinski definition) is 0. The summed E-state index contributed by atoms with van der Waals surface area (Å²) in [5.41, 5.74) is 5.05. The minimum absolute atomic E-state index is 0.210. The van der Waals surface area contributed by atoms with Crippen LogP contribution in [0.1, 0.15) is 30.0 Å². The van der Waals surface area contributed by atoms with Gasteiger partial charge >= 0.3 is 0 Å². The van der Waals surface area contributed by atoms with Crippen molar-refractivity contribution < 1.29 is 4.79 Å². The molecule has 2 aromatic carbocycles. The summed E-state index contributed by atoms with van der Waals surface area (Å²) >= 11 is 0. The number of rotatable bonds is 5. The van der Waals surface area contributed by atoms with Crippen molar-refractivity contribution in [3.63, 3.8) is 0 Å². The minimum atomic E-state index is 0.210. The Morgan fingerprint density at radius 3 is 2.67 bits per heavy atom. The molecule has 3 rings (SSSR count). The topological polar surface area (TPSA) is 23.6 Å². The van der Waals surface area contributed by atoms with Crippen molar-refractivity contribution >= 4 is 11.6 Å². The molecule has 2 aromatic rings. The van der Waals surface area contributed by atoms with Crippen LogP contribution in [0, 0.1) is 6.92 Å². The van der Waals surface area contributed by atoms with Gasteiger partial charge in [0, 0.05) is 38.3 Å². The molecule has 0 bridgehead atoms. The van der Waals surface area contributed by atoms with Gasteiger partial charge in [-0.2, -0.15) is 0 Å². The fraction of sp³-hybridized carbons (Fsp3) is 0.381. The summed E-state index contributed by atoms with van der Waals surface area (Å²) in [5.74, 6) is 0.210. The van der Waals surface area contributed by atoms with Crippen molar-refractivity contribution in [1.29, 1.82) is 0 Å². The number of carbonyl (C=O) groups is 1. The lowest BCUT2D eigenvalue weighted by atomic mass is 10.00. The summed E-state index contributed by atoms with van der Waals surface area (Å²) in [5, 5.41) is 0. The molecule has 3 nitrogen and oxygen atoms in total. The third-order valence-corrected chi connectivity index (χ3v) is 4.78. The van der Waals surface area contributed by atoms with Crippen LogP contribution in [0.15, 0.2) is 48.5 Å². The summed E-state index contributed by atoms with van der Waals surface area (Å²) in [6, 6.07) is 16.8. The number of fused-ring (bicyclic) bond motifs is 1. The van der Waals surface area contributed by atoms with Crippen molar-refractivity contribution in [1.82, 2.24) is 4.90 Å². The van der Waals surface area contributed by atoms with E-state index in [0.717, 1.165) is 31.7 Å². The molecule has 3 heteroatoms. The first-order valence-corrected chi connectivity index (χ1v) is 8.83. The average molecular weight is 322 g/mol. The summed E-state index contributed by atoms with van der Waals surface area (Å²) in [7, 11) is 0. The second kappa shape index (κ2) is 7.63.